The third-order valence-corrected chi connectivity index (χ3v) is 3.32. The Hall–Kier alpha value is -2.09. The number of nitrogens with zero attached hydrogens (tertiary/aromatic N) is 2. The van der Waals surface area contributed by atoms with Crippen LogP contribution in [0, 0.1) is 5.82 Å². The summed E-state index contributed by atoms with van der Waals surface area (Å²) in [6.45, 7) is 1.91. The third kappa shape index (κ3) is 3.94. The smallest absolute Gasteiger partial charge is 0.396 e. The molecule has 2 aromatic rings. The summed E-state index contributed by atoms with van der Waals surface area (Å²) in [6, 6.07) is 4.23. The van der Waals surface area contributed by atoms with E-state index in [0.717, 1.165) is 0 Å². The summed E-state index contributed by atoms with van der Waals surface area (Å²) in [5, 5.41) is 7.51. The highest BCUT2D eigenvalue weighted by Gasteiger charge is 2.16. The first-order valence-electron chi connectivity index (χ1n) is 6.10. The number of ether oxygens (including phenoxy) is 2. The summed E-state index contributed by atoms with van der Waals surface area (Å²) < 4.78 is 28.3. The Bertz CT molecular complexity index is 632. The maximum atomic E-state index is 13.2. The molecule has 0 amide bonds. The number of carbonyl (C=O) groups is 1. The van der Waals surface area contributed by atoms with Gasteiger partial charge >= 0.3 is 11.9 Å². The number of rotatable bonds is 6. The normalized spacial score (nSPS) is 10.4. The van der Waals surface area contributed by atoms with Gasteiger partial charge in [0.1, 0.15) is 11.6 Å². The molecule has 0 spiro atoms. The van der Waals surface area contributed by atoms with Gasteiger partial charge in [0, 0.05) is 11.3 Å². The molecule has 0 bridgehead atoms. The summed E-state index contributed by atoms with van der Waals surface area (Å²) in [6.07, 6.45) is 0. The van der Waals surface area contributed by atoms with Crippen molar-refractivity contribution in [2.75, 3.05) is 13.7 Å². The lowest BCUT2D eigenvalue weighted by atomic mass is 10.2. The average molecular weight is 312 g/mol. The molecule has 1 aromatic heterocycles. The van der Waals surface area contributed by atoms with Crippen molar-refractivity contribution in [1.29, 1.82) is 0 Å². The Morgan fingerprint density at radius 3 is 2.95 bits per heavy atom. The van der Waals surface area contributed by atoms with Gasteiger partial charge in [0.15, 0.2) is 0 Å². The van der Waals surface area contributed by atoms with Crippen LogP contribution in [-0.4, -0.2) is 29.9 Å². The quantitative estimate of drug-likeness (QED) is 0.599. The van der Waals surface area contributed by atoms with E-state index in [4.69, 9.17) is 13.9 Å². The molecule has 0 fully saturated rings. The molecule has 0 aliphatic rings. The average Bonchev–Trinajstić information content (AvgIpc) is 2.94. The van der Waals surface area contributed by atoms with Gasteiger partial charge in [0.2, 0.25) is 0 Å². The van der Waals surface area contributed by atoms with Crippen molar-refractivity contribution < 1.29 is 23.1 Å². The molecule has 8 heteroatoms. The minimum Gasteiger partial charge on any atom is -0.496 e. The summed E-state index contributed by atoms with van der Waals surface area (Å²) in [4.78, 5) is 11.4. The lowest BCUT2D eigenvalue weighted by molar-refractivity contribution is 0.0475. The fourth-order valence-corrected chi connectivity index (χ4v) is 2.28. The molecule has 0 radical (unpaired) electrons. The van der Waals surface area contributed by atoms with Gasteiger partial charge < -0.3 is 13.9 Å². The lowest BCUT2D eigenvalue weighted by Gasteiger charge is -2.06. The molecule has 0 saturated carbocycles. The van der Waals surface area contributed by atoms with Crippen LogP contribution >= 0.6 is 11.8 Å². The molecule has 0 saturated heterocycles. The SMILES string of the molecule is CCOC(=O)c1nnc(SCc2cc(F)ccc2OC)o1. The highest BCUT2D eigenvalue weighted by Crippen LogP contribution is 2.27. The highest BCUT2D eigenvalue weighted by molar-refractivity contribution is 7.98. The van der Waals surface area contributed by atoms with Gasteiger partial charge in [-0.05, 0) is 25.1 Å². The zero-order valence-corrected chi connectivity index (χ0v) is 12.3. The Balaban J connectivity index is 2.03. The van der Waals surface area contributed by atoms with Crippen molar-refractivity contribution in [1.82, 2.24) is 10.2 Å². The van der Waals surface area contributed by atoms with Gasteiger partial charge in [-0.2, -0.15) is 0 Å². The number of hydrogen-bond acceptors (Lipinski definition) is 7. The molecule has 21 heavy (non-hydrogen) atoms. The minimum atomic E-state index is -0.666. The number of thioether (sulfide) groups is 1. The van der Waals surface area contributed by atoms with Crippen LogP contribution < -0.4 is 4.74 Å². The van der Waals surface area contributed by atoms with E-state index >= 15 is 0 Å². The number of esters is 1. The molecule has 0 aliphatic heterocycles. The van der Waals surface area contributed by atoms with Crippen LogP contribution in [0.3, 0.4) is 0 Å². The van der Waals surface area contributed by atoms with Crippen LogP contribution in [-0.2, 0) is 10.5 Å². The van der Waals surface area contributed by atoms with Gasteiger partial charge in [-0.25, -0.2) is 9.18 Å². The second-order valence-electron chi connectivity index (χ2n) is 3.84. The van der Waals surface area contributed by atoms with Gasteiger partial charge in [0.25, 0.3) is 5.22 Å². The molecule has 1 heterocycles. The van der Waals surface area contributed by atoms with Crippen molar-refractivity contribution in [3.63, 3.8) is 0 Å². The van der Waals surface area contributed by atoms with E-state index in [1.54, 1.807) is 13.0 Å². The van der Waals surface area contributed by atoms with Crippen LogP contribution in [0.4, 0.5) is 4.39 Å². The third-order valence-electron chi connectivity index (χ3n) is 2.45. The standard InChI is InChI=1S/C13H13FN2O4S/c1-3-19-12(17)11-15-16-13(20-11)21-7-8-6-9(14)4-5-10(8)18-2/h4-6H,3,7H2,1-2H3. The molecule has 112 valence electrons. The first-order valence-corrected chi connectivity index (χ1v) is 7.08. The first kappa shape index (κ1) is 15.3. The molecule has 0 aliphatic carbocycles. The summed E-state index contributed by atoms with van der Waals surface area (Å²) in [5.41, 5.74) is 0.651. The Labute approximate surface area is 124 Å². The molecular formula is C13H13FN2O4S. The van der Waals surface area contributed by atoms with Crippen LogP contribution in [0.2, 0.25) is 0 Å². The topological polar surface area (TPSA) is 74.5 Å². The van der Waals surface area contributed by atoms with Gasteiger partial charge in [-0.3, -0.25) is 0 Å². The monoisotopic (exact) mass is 312 g/mol. The Morgan fingerprint density at radius 2 is 2.24 bits per heavy atom. The van der Waals surface area contributed by atoms with Crippen molar-refractivity contribution >= 4 is 17.7 Å². The number of benzene rings is 1. The highest BCUT2D eigenvalue weighted by atomic mass is 32.2. The molecule has 2 rings (SSSR count). The molecular weight excluding hydrogens is 299 g/mol. The van der Waals surface area contributed by atoms with Crippen molar-refractivity contribution in [2.24, 2.45) is 0 Å². The van der Waals surface area contributed by atoms with Gasteiger partial charge in [-0.15, -0.1) is 5.10 Å². The van der Waals surface area contributed by atoms with E-state index in [9.17, 15) is 9.18 Å². The van der Waals surface area contributed by atoms with E-state index in [2.05, 4.69) is 10.2 Å². The number of halogens is 1. The molecule has 0 N–H and O–H groups in total. The largest absolute Gasteiger partial charge is 0.496 e. The summed E-state index contributed by atoms with van der Waals surface area (Å²) >= 11 is 1.17. The minimum absolute atomic E-state index is 0.198. The zero-order chi connectivity index (χ0) is 15.2. The van der Waals surface area contributed by atoms with E-state index in [-0.39, 0.29) is 23.5 Å². The van der Waals surface area contributed by atoms with E-state index in [1.165, 1.54) is 31.0 Å². The van der Waals surface area contributed by atoms with Crippen LogP contribution in [0.1, 0.15) is 23.2 Å². The maximum absolute atomic E-state index is 13.2. The summed E-state index contributed by atoms with van der Waals surface area (Å²) in [7, 11) is 1.51. The molecule has 6 nitrogen and oxygen atoms in total. The van der Waals surface area contributed by atoms with Crippen LogP contribution in [0.25, 0.3) is 0 Å². The van der Waals surface area contributed by atoms with E-state index in [0.29, 0.717) is 17.1 Å². The van der Waals surface area contributed by atoms with E-state index in [1.807, 2.05) is 0 Å². The Kier molecular flexibility index (Phi) is 5.15. The second kappa shape index (κ2) is 7.07. The van der Waals surface area contributed by atoms with Crippen LogP contribution in [0.15, 0.2) is 27.8 Å². The van der Waals surface area contributed by atoms with Gasteiger partial charge in [0.05, 0.1) is 13.7 Å². The Morgan fingerprint density at radius 1 is 1.43 bits per heavy atom. The fourth-order valence-electron chi connectivity index (χ4n) is 1.54. The number of methoxy groups -OCH3 is 1. The predicted molar refractivity (Wildman–Crippen MR) is 72.8 cm³/mol. The molecule has 0 unspecified atom stereocenters. The van der Waals surface area contributed by atoms with E-state index < -0.39 is 5.97 Å². The number of carbonyl (C=O) groups excluding carboxylic acids is 1. The molecule has 1 aromatic carbocycles. The lowest BCUT2D eigenvalue weighted by Crippen LogP contribution is -2.04. The van der Waals surface area contributed by atoms with Crippen molar-refractivity contribution in [3.8, 4) is 5.75 Å². The number of hydrogen-bond donors (Lipinski definition) is 0. The molecule has 0 atom stereocenters. The summed E-state index contributed by atoms with van der Waals surface area (Å²) in [5.74, 6) is -0.297. The van der Waals surface area contributed by atoms with Gasteiger partial charge in [-0.1, -0.05) is 16.9 Å². The van der Waals surface area contributed by atoms with Crippen molar-refractivity contribution in [2.45, 2.75) is 17.9 Å². The first-order chi connectivity index (χ1) is 10.1. The maximum Gasteiger partial charge on any atom is 0.396 e. The zero-order valence-electron chi connectivity index (χ0n) is 11.5. The second-order valence-corrected chi connectivity index (χ2v) is 4.77. The predicted octanol–water partition coefficient (Wildman–Crippen LogP) is 2.69. The fraction of sp³-hybridized carbons (Fsp3) is 0.308. The van der Waals surface area contributed by atoms with Crippen molar-refractivity contribution in [3.05, 3.63) is 35.5 Å². The number of aromatic nitrogens is 2. The van der Waals surface area contributed by atoms with Crippen LogP contribution in [0.5, 0.6) is 5.75 Å².